The predicted molar refractivity (Wildman–Crippen MR) is 117 cm³/mol. The van der Waals surface area contributed by atoms with Gasteiger partial charge in [-0.1, -0.05) is 24.3 Å². The van der Waals surface area contributed by atoms with E-state index in [1.54, 1.807) is 17.5 Å². The Kier molecular flexibility index (Phi) is 4.93. The Hall–Kier alpha value is -2.51. The van der Waals surface area contributed by atoms with Crippen molar-refractivity contribution >= 4 is 40.2 Å². The van der Waals surface area contributed by atoms with Crippen LogP contribution in [-0.4, -0.2) is 41.3 Å². The molecule has 2 aliphatic heterocycles. The fourth-order valence-electron chi connectivity index (χ4n) is 4.16. The Morgan fingerprint density at radius 1 is 1.03 bits per heavy atom. The third kappa shape index (κ3) is 3.49. The SMILES string of the molecule is O=C(c1cnc(-c2cccs2)s1)N1CCC(C(=O)N2CCc3ccccc32)CC1. The van der Waals surface area contributed by atoms with E-state index in [-0.39, 0.29) is 17.7 Å². The third-order valence-corrected chi connectivity index (χ3v) is 7.76. The van der Waals surface area contributed by atoms with E-state index in [1.807, 2.05) is 45.5 Å². The topological polar surface area (TPSA) is 53.5 Å². The number of hydrogen-bond acceptors (Lipinski definition) is 5. The maximum Gasteiger partial charge on any atom is 0.265 e. The van der Waals surface area contributed by atoms with E-state index >= 15 is 0 Å². The van der Waals surface area contributed by atoms with E-state index in [1.165, 1.54) is 16.9 Å². The molecular formula is C22H21N3O2S2. The van der Waals surface area contributed by atoms with Crippen molar-refractivity contribution in [1.29, 1.82) is 0 Å². The molecule has 1 aromatic carbocycles. The minimum atomic E-state index is -0.00616. The molecule has 148 valence electrons. The number of nitrogens with zero attached hydrogens (tertiary/aromatic N) is 3. The summed E-state index contributed by atoms with van der Waals surface area (Å²) in [6, 6.07) is 12.2. The van der Waals surface area contributed by atoms with Crippen molar-refractivity contribution in [3.63, 3.8) is 0 Å². The summed E-state index contributed by atoms with van der Waals surface area (Å²) in [6.07, 6.45) is 4.05. The van der Waals surface area contributed by atoms with Gasteiger partial charge in [-0.05, 0) is 42.3 Å². The fourth-order valence-corrected chi connectivity index (χ4v) is 5.85. The van der Waals surface area contributed by atoms with Crippen molar-refractivity contribution in [1.82, 2.24) is 9.88 Å². The summed E-state index contributed by atoms with van der Waals surface area (Å²) in [5, 5.41) is 2.90. The molecule has 2 amide bonds. The van der Waals surface area contributed by atoms with E-state index in [0.717, 1.165) is 41.4 Å². The molecule has 1 fully saturated rings. The molecule has 0 radical (unpaired) electrons. The molecule has 1 saturated heterocycles. The van der Waals surface area contributed by atoms with Crippen LogP contribution in [0.3, 0.4) is 0 Å². The maximum absolute atomic E-state index is 13.1. The van der Waals surface area contributed by atoms with Crippen LogP contribution in [0.25, 0.3) is 9.88 Å². The van der Waals surface area contributed by atoms with Crippen LogP contribution in [0.4, 0.5) is 5.69 Å². The molecule has 29 heavy (non-hydrogen) atoms. The molecule has 4 heterocycles. The van der Waals surface area contributed by atoms with Crippen molar-refractivity contribution in [3.8, 4) is 9.88 Å². The van der Waals surface area contributed by atoms with Crippen LogP contribution in [0, 0.1) is 5.92 Å². The number of hydrogen-bond donors (Lipinski definition) is 0. The largest absolute Gasteiger partial charge is 0.338 e. The number of rotatable bonds is 3. The Morgan fingerprint density at radius 3 is 2.66 bits per heavy atom. The van der Waals surface area contributed by atoms with Gasteiger partial charge in [-0.25, -0.2) is 4.98 Å². The second-order valence-corrected chi connectivity index (χ2v) is 9.42. The molecule has 0 saturated carbocycles. The molecule has 0 unspecified atom stereocenters. The highest BCUT2D eigenvalue weighted by Gasteiger charge is 2.33. The first-order chi connectivity index (χ1) is 14.2. The molecule has 2 aromatic heterocycles. The maximum atomic E-state index is 13.1. The second-order valence-electron chi connectivity index (χ2n) is 7.44. The van der Waals surface area contributed by atoms with Crippen molar-refractivity contribution in [2.24, 2.45) is 5.92 Å². The van der Waals surface area contributed by atoms with Crippen LogP contribution >= 0.6 is 22.7 Å². The monoisotopic (exact) mass is 423 g/mol. The first kappa shape index (κ1) is 18.5. The Balaban J connectivity index is 1.22. The summed E-state index contributed by atoms with van der Waals surface area (Å²) in [5.74, 6) is 0.232. The number of carbonyl (C=O) groups excluding carboxylic acids is 2. The van der Waals surface area contributed by atoms with Gasteiger partial charge in [-0.3, -0.25) is 9.59 Å². The molecule has 0 N–H and O–H groups in total. The fraction of sp³-hybridized carbons (Fsp3) is 0.318. The molecule has 5 nitrogen and oxygen atoms in total. The van der Waals surface area contributed by atoms with Gasteiger partial charge in [0.2, 0.25) is 5.91 Å². The lowest BCUT2D eigenvalue weighted by Gasteiger charge is -2.33. The standard InChI is InChI=1S/C22H21N3O2S2/c26-21(25-12-9-15-4-1-2-5-17(15)25)16-7-10-24(11-8-16)22(27)19-14-23-20(29-19)18-6-3-13-28-18/h1-6,13-14,16H,7-12H2. The van der Waals surface area contributed by atoms with Gasteiger partial charge in [-0.2, -0.15) is 0 Å². The zero-order valence-electron chi connectivity index (χ0n) is 15.9. The molecule has 0 bridgehead atoms. The van der Waals surface area contributed by atoms with Crippen molar-refractivity contribution in [2.45, 2.75) is 19.3 Å². The van der Waals surface area contributed by atoms with Crippen LogP contribution in [0.5, 0.6) is 0 Å². The van der Waals surface area contributed by atoms with Crippen LogP contribution in [-0.2, 0) is 11.2 Å². The molecule has 5 rings (SSSR count). The number of thiazole rings is 1. The Morgan fingerprint density at radius 2 is 1.86 bits per heavy atom. The van der Waals surface area contributed by atoms with Crippen molar-refractivity contribution in [3.05, 3.63) is 58.4 Å². The number of aromatic nitrogens is 1. The zero-order valence-corrected chi connectivity index (χ0v) is 17.5. The summed E-state index contributed by atoms with van der Waals surface area (Å²) < 4.78 is 0. The average Bonchev–Trinajstić information content (AvgIpc) is 3.53. The summed E-state index contributed by atoms with van der Waals surface area (Å²) >= 11 is 3.07. The third-order valence-electron chi connectivity index (χ3n) is 5.73. The van der Waals surface area contributed by atoms with Crippen molar-refractivity contribution in [2.75, 3.05) is 24.5 Å². The van der Waals surface area contributed by atoms with Crippen LogP contribution < -0.4 is 4.90 Å². The summed E-state index contributed by atoms with van der Waals surface area (Å²) in [4.78, 5) is 35.9. The van der Waals surface area contributed by atoms with Crippen LogP contribution in [0.15, 0.2) is 48.0 Å². The zero-order chi connectivity index (χ0) is 19.8. The lowest BCUT2D eigenvalue weighted by molar-refractivity contribution is -0.123. The first-order valence-electron chi connectivity index (χ1n) is 9.89. The highest BCUT2D eigenvalue weighted by Crippen LogP contribution is 2.32. The number of para-hydroxylation sites is 1. The molecule has 7 heteroatoms. The van der Waals surface area contributed by atoms with Gasteiger partial charge in [0.15, 0.2) is 0 Å². The smallest absolute Gasteiger partial charge is 0.265 e. The lowest BCUT2D eigenvalue weighted by atomic mass is 9.95. The number of amides is 2. The normalized spacial score (nSPS) is 16.8. The van der Waals surface area contributed by atoms with Gasteiger partial charge in [0.05, 0.1) is 11.1 Å². The molecule has 3 aromatic rings. The second kappa shape index (κ2) is 7.72. The molecule has 2 aliphatic rings. The van der Waals surface area contributed by atoms with E-state index in [4.69, 9.17) is 0 Å². The highest BCUT2D eigenvalue weighted by atomic mass is 32.1. The number of benzene rings is 1. The van der Waals surface area contributed by atoms with Gasteiger partial charge < -0.3 is 9.80 Å². The molecule has 0 spiro atoms. The summed E-state index contributed by atoms with van der Waals surface area (Å²) in [5.41, 5.74) is 2.31. The van der Waals surface area contributed by atoms with E-state index < -0.39 is 0 Å². The minimum Gasteiger partial charge on any atom is -0.338 e. The Bertz CT molecular complexity index is 1040. The van der Waals surface area contributed by atoms with Gasteiger partial charge in [0, 0.05) is 31.2 Å². The first-order valence-corrected chi connectivity index (χ1v) is 11.6. The van der Waals surface area contributed by atoms with E-state index in [9.17, 15) is 9.59 Å². The highest BCUT2D eigenvalue weighted by molar-refractivity contribution is 7.21. The number of thiophene rings is 1. The molecule has 0 atom stereocenters. The lowest BCUT2D eigenvalue weighted by Crippen LogP contribution is -2.44. The van der Waals surface area contributed by atoms with Gasteiger partial charge in [-0.15, -0.1) is 22.7 Å². The quantitative estimate of drug-likeness (QED) is 0.631. The molecule has 0 aliphatic carbocycles. The van der Waals surface area contributed by atoms with Crippen LogP contribution in [0.2, 0.25) is 0 Å². The predicted octanol–water partition coefficient (Wildman–Crippen LogP) is 4.31. The molecular weight excluding hydrogens is 402 g/mol. The summed E-state index contributed by atoms with van der Waals surface area (Å²) in [6.45, 7) is 2.01. The number of piperidine rings is 1. The number of fused-ring (bicyclic) bond motifs is 1. The van der Waals surface area contributed by atoms with E-state index in [2.05, 4.69) is 11.1 Å². The van der Waals surface area contributed by atoms with Gasteiger partial charge in [0.1, 0.15) is 9.88 Å². The van der Waals surface area contributed by atoms with Gasteiger partial charge >= 0.3 is 0 Å². The van der Waals surface area contributed by atoms with Gasteiger partial charge in [0.25, 0.3) is 5.91 Å². The van der Waals surface area contributed by atoms with E-state index in [0.29, 0.717) is 18.0 Å². The number of anilines is 1. The average molecular weight is 424 g/mol. The minimum absolute atomic E-state index is 0.00616. The number of carbonyl (C=O) groups is 2. The van der Waals surface area contributed by atoms with Crippen molar-refractivity contribution < 1.29 is 9.59 Å². The number of likely N-dealkylation sites (tertiary alicyclic amines) is 1. The summed E-state index contributed by atoms with van der Waals surface area (Å²) in [7, 11) is 0. The van der Waals surface area contributed by atoms with Crippen LogP contribution in [0.1, 0.15) is 28.1 Å². The Labute approximate surface area is 177 Å².